The number of carbonyl (C=O) groups excluding carboxylic acids is 2. The van der Waals surface area contributed by atoms with Crippen LogP contribution < -0.4 is 4.74 Å². The second-order valence-corrected chi connectivity index (χ2v) is 5.81. The molecule has 0 saturated carbocycles. The zero-order valence-electron chi connectivity index (χ0n) is 14.9. The molecule has 0 aliphatic carbocycles. The van der Waals surface area contributed by atoms with Crippen LogP contribution >= 0.6 is 0 Å². The molecule has 0 aliphatic rings. The molecule has 150 valence electrons. The van der Waals surface area contributed by atoms with Crippen LogP contribution in [-0.4, -0.2) is 35.4 Å². The molecule has 2 N–H and O–H groups in total. The van der Waals surface area contributed by atoms with Gasteiger partial charge in [-0.2, -0.15) is 0 Å². The summed E-state index contributed by atoms with van der Waals surface area (Å²) < 4.78 is 45.2. The largest absolute Gasteiger partial charge is 0.573 e. The van der Waals surface area contributed by atoms with E-state index in [1.807, 2.05) is 0 Å². The van der Waals surface area contributed by atoms with E-state index < -0.39 is 35.5 Å². The summed E-state index contributed by atoms with van der Waals surface area (Å²) in [5.74, 6) is -3.79. The van der Waals surface area contributed by atoms with Crippen LogP contribution in [0.5, 0.6) is 17.2 Å². The van der Waals surface area contributed by atoms with E-state index in [0.29, 0.717) is 0 Å². The zero-order valence-corrected chi connectivity index (χ0v) is 14.9. The molecule has 0 bridgehead atoms. The number of rotatable bonds is 6. The number of phenolic OH excluding ortho intramolecular Hbond substituents is 2. The summed E-state index contributed by atoms with van der Waals surface area (Å²) >= 11 is 0. The van der Waals surface area contributed by atoms with Crippen molar-refractivity contribution >= 4 is 11.8 Å². The number of ketones is 1. The minimum absolute atomic E-state index is 0.0449. The first-order chi connectivity index (χ1) is 13.1. The number of ether oxygens (including phenoxy) is 2. The van der Waals surface area contributed by atoms with E-state index in [2.05, 4.69) is 4.74 Å². The minimum Gasteiger partial charge on any atom is -0.508 e. The summed E-state index contributed by atoms with van der Waals surface area (Å²) in [6.07, 6.45) is -4.66. The minimum atomic E-state index is -4.87. The van der Waals surface area contributed by atoms with E-state index in [9.17, 15) is 33.0 Å². The van der Waals surface area contributed by atoms with Gasteiger partial charge in [0.15, 0.2) is 5.78 Å². The lowest BCUT2D eigenvalue weighted by molar-refractivity contribution is -0.274. The summed E-state index contributed by atoms with van der Waals surface area (Å²) in [7, 11) is 1.16. The average molecular weight is 398 g/mol. The molecule has 1 unspecified atom stereocenters. The van der Waals surface area contributed by atoms with Gasteiger partial charge >= 0.3 is 12.3 Å². The third-order valence-corrected chi connectivity index (χ3v) is 3.98. The Kier molecular flexibility index (Phi) is 6.17. The smallest absolute Gasteiger partial charge is 0.508 e. The van der Waals surface area contributed by atoms with Crippen molar-refractivity contribution in [3.05, 3.63) is 53.1 Å². The first kappa shape index (κ1) is 21.1. The predicted octanol–water partition coefficient (Wildman–Crippen LogP) is 3.89. The van der Waals surface area contributed by atoms with Crippen molar-refractivity contribution in [2.24, 2.45) is 0 Å². The Morgan fingerprint density at radius 2 is 1.71 bits per heavy atom. The standard InChI is InChI=1S/C19H17F3O6/c1-3-13(18(26)27-2)14-8-11(23)9-15(24)16(14)17(25)10-4-6-12(7-5-10)28-19(20,21)22/h4-9,13,23-24H,3H2,1-2H3. The fraction of sp³-hybridized carbons (Fsp3) is 0.263. The number of esters is 1. The predicted molar refractivity (Wildman–Crippen MR) is 91.4 cm³/mol. The summed E-state index contributed by atoms with van der Waals surface area (Å²) in [6, 6.07) is 6.20. The molecule has 2 aromatic carbocycles. The van der Waals surface area contributed by atoms with Gasteiger partial charge in [-0.05, 0) is 42.3 Å². The number of benzene rings is 2. The van der Waals surface area contributed by atoms with Gasteiger partial charge in [-0.3, -0.25) is 9.59 Å². The van der Waals surface area contributed by atoms with Crippen LogP contribution in [0.3, 0.4) is 0 Å². The van der Waals surface area contributed by atoms with E-state index >= 15 is 0 Å². The van der Waals surface area contributed by atoms with Gasteiger partial charge < -0.3 is 19.7 Å². The fourth-order valence-corrected chi connectivity index (χ4v) is 2.76. The summed E-state index contributed by atoms with van der Waals surface area (Å²) in [5, 5.41) is 20.0. The number of hydrogen-bond acceptors (Lipinski definition) is 6. The number of alkyl halides is 3. The van der Waals surface area contributed by atoms with Crippen LogP contribution in [0, 0.1) is 0 Å². The molecule has 9 heteroatoms. The summed E-state index contributed by atoms with van der Waals surface area (Å²) in [4.78, 5) is 24.9. The molecule has 2 aromatic rings. The number of hydrogen-bond donors (Lipinski definition) is 2. The molecule has 6 nitrogen and oxygen atoms in total. The lowest BCUT2D eigenvalue weighted by Crippen LogP contribution is -2.18. The SMILES string of the molecule is CCC(C(=O)OC)c1cc(O)cc(O)c1C(=O)c1ccc(OC(F)(F)F)cc1. The number of aromatic hydroxyl groups is 2. The normalized spacial score (nSPS) is 12.3. The molecular formula is C19H17F3O6. The molecular weight excluding hydrogens is 381 g/mol. The monoisotopic (exact) mass is 398 g/mol. The molecule has 0 aliphatic heterocycles. The van der Waals surface area contributed by atoms with Gasteiger partial charge in [0.2, 0.25) is 0 Å². The maximum absolute atomic E-state index is 12.9. The highest BCUT2D eigenvalue weighted by molar-refractivity contribution is 6.12. The Morgan fingerprint density at radius 3 is 2.21 bits per heavy atom. The average Bonchev–Trinajstić information content (AvgIpc) is 2.60. The lowest BCUT2D eigenvalue weighted by Gasteiger charge is -2.18. The van der Waals surface area contributed by atoms with Gasteiger partial charge in [0.05, 0.1) is 18.6 Å². The Hall–Kier alpha value is -3.23. The maximum atomic E-state index is 12.9. The van der Waals surface area contributed by atoms with Crippen molar-refractivity contribution in [2.45, 2.75) is 25.6 Å². The van der Waals surface area contributed by atoms with Crippen molar-refractivity contribution in [1.29, 1.82) is 0 Å². The van der Waals surface area contributed by atoms with Crippen LogP contribution in [0.2, 0.25) is 0 Å². The maximum Gasteiger partial charge on any atom is 0.573 e. The summed E-state index contributed by atoms with van der Waals surface area (Å²) in [6.45, 7) is 1.65. The van der Waals surface area contributed by atoms with Crippen molar-refractivity contribution in [1.82, 2.24) is 0 Å². The highest BCUT2D eigenvalue weighted by Gasteiger charge is 2.32. The van der Waals surface area contributed by atoms with Crippen molar-refractivity contribution < 1.29 is 42.4 Å². The molecule has 0 heterocycles. The molecule has 28 heavy (non-hydrogen) atoms. The van der Waals surface area contributed by atoms with Gasteiger partial charge in [-0.25, -0.2) is 0 Å². The first-order valence-corrected chi connectivity index (χ1v) is 8.11. The van der Waals surface area contributed by atoms with Crippen LogP contribution in [-0.2, 0) is 9.53 Å². The van der Waals surface area contributed by atoms with E-state index in [4.69, 9.17) is 4.74 Å². The van der Waals surface area contributed by atoms with Gasteiger partial charge in [-0.1, -0.05) is 6.92 Å². The summed E-state index contributed by atoms with van der Waals surface area (Å²) in [5.41, 5.74) is -0.247. The molecule has 0 radical (unpaired) electrons. The van der Waals surface area contributed by atoms with Crippen molar-refractivity contribution in [2.75, 3.05) is 7.11 Å². The second kappa shape index (κ2) is 8.20. The van der Waals surface area contributed by atoms with Crippen LogP contribution in [0.4, 0.5) is 13.2 Å². The van der Waals surface area contributed by atoms with Gasteiger partial charge in [0.25, 0.3) is 0 Å². The second-order valence-electron chi connectivity index (χ2n) is 5.81. The molecule has 0 amide bonds. The van der Waals surface area contributed by atoms with E-state index in [0.717, 1.165) is 37.4 Å². The number of halogens is 3. The molecule has 1 atom stereocenters. The third-order valence-electron chi connectivity index (χ3n) is 3.98. The molecule has 0 spiro atoms. The number of methoxy groups -OCH3 is 1. The van der Waals surface area contributed by atoms with Gasteiger partial charge in [0, 0.05) is 11.6 Å². The van der Waals surface area contributed by atoms with Gasteiger partial charge in [0.1, 0.15) is 17.2 Å². The topological polar surface area (TPSA) is 93.1 Å². The molecule has 0 aromatic heterocycles. The third kappa shape index (κ3) is 4.73. The Bertz CT molecular complexity index is 874. The highest BCUT2D eigenvalue weighted by Crippen LogP contribution is 2.36. The molecule has 0 saturated heterocycles. The van der Waals surface area contributed by atoms with E-state index in [1.165, 1.54) is 6.07 Å². The Morgan fingerprint density at radius 1 is 1.11 bits per heavy atom. The highest BCUT2D eigenvalue weighted by atomic mass is 19.4. The molecule has 2 rings (SSSR count). The van der Waals surface area contributed by atoms with Gasteiger partial charge in [-0.15, -0.1) is 13.2 Å². The lowest BCUT2D eigenvalue weighted by atomic mass is 9.87. The fourth-order valence-electron chi connectivity index (χ4n) is 2.76. The number of phenols is 2. The Balaban J connectivity index is 2.49. The van der Waals surface area contributed by atoms with E-state index in [1.54, 1.807) is 6.92 Å². The molecule has 0 fully saturated rings. The zero-order chi connectivity index (χ0) is 21.1. The van der Waals surface area contributed by atoms with E-state index in [-0.39, 0.29) is 28.9 Å². The van der Waals surface area contributed by atoms with Crippen LogP contribution in [0.1, 0.15) is 40.7 Å². The van der Waals surface area contributed by atoms with Crippen molar-refractivity contribution in [3.8, 4) is 17.2 Å². The van der Waals surface area contributed by atoms with Crippen LogP contribution in [0.15, 0.2) is 36.4 Å². The van der Waals surface area contributed by atoms with Crippen molar-refractivity contribution in [3.63, 3.8) is 0 Å². The number of carbonyl (C=O) groups is 2. The quantitative estimate of drug-likeness (QED) is 0.566. The Labute approximate surface area is 158 Å². The van der Waals surface area contributed by atoms with Crippen LogP contribution in [0.25, 0.3) is 0 Å². The first-order valence-electron chi connectivity index (χ1n) is 8.11.